The maximum absolute atomic E-state index is 14.1. The SMILES string of the molecule is CC(C)Nc1ncc2c(n1)CN(C(=O)N[C@H](CCCCCCN)c1ccc(Cl)c(F)c1)CC2. The van der Waals surface area contributed by atoms with Crippen LogP contribution >= 0.6 is 11.6 Å². The van der Waals surface area contributed by atoms with Gasteiger partial charge in [-0.1, -0.05) is 36.9 Å². The molecule has 2 amide bonds. The third-order valence-corrected chi connectivity index (χ3v) is 6.05. The largest absolute Gasteiger partial charge is 0.352 e. The van der Waals surface area contributed by atoms with Gasteiger partial charge in [-0.05, 0) is 62.9 Å². The molecule has 0 fully saturated rings. The van der Waals surface area contributed by atoms with Crippen molar-refractivity contribution in [1.29, 1.82) is 0 Å². The minimum atomic E-state index is -0.481. The highest BCUT2D eigenvalue weighted by molar-refractivity contribution is 6.30. The van der Waals surface area contributed by atoms with Crippen molar-refractivity contribution in [2.75, 3.05) is 18.4 Å². The predicted molar refractivity (Wildman–Crippen MR) is 130 cm³/mol. The number of rotatable bonds is 10. The number of carbonyl (C=O) groups is 1. The normalized spacial score (nSPS) is 14.2. The van der Waals surface area contributed by atoms with Crippen LogP contribution in [0, 0.1) is 5.82 Å². The fourth-order valence-electron chi connectivity index (χ4n) is 3.94. The first-order valence-corrected chi connectivity index (χ1v) is 12.1. The third-order valence-electron chi connectivity index (χ3n) is 5.74. The average molecular weight is 477 g/mol. The van der Waals surface area contributed by atoms with E-state index in [1.807, 2.05) is 20.0 Å². The Kier molecular flexibility index (Phi) is 9.26. The number of hydrogen-bond acceptors (Lipinski definition) is 5. The van der Waals surface area contributed by atoms with Crippen LogP contribution in [0.1, 0.15) is 68.8 Å². The number of halogens is 2. The first-order valence-electron chi connectivity index (χ1n) is 11.7. The van der Waals surface area contributed by atoms with E-state index >= 15 is 0 Å². The predicted octanol–water partition coefficient (Wildman–Crippen LogP) is 4.81. The molecule has 7 nitrogen and oxygen atoms in total. The quantitative estimate of drug-likeness (QED) is 0.428. The van der Waals surface area contributed by atoms with E-state index in [0.717, 1.165) is 36.9 Å². The van der Waals surface area contributed by atoms with Crippen LogP contribution in [0.5, 0.6) is 0 Å². The van der Waals surface area contributed by atoms with Gasteiger partial charge >= 0.3 is 6.03 Å². The fourth-order valence-corrected chi connectivity index (χ4v) is 4.06. The Labute approximate surface area is 200 Å². The van der Waals surface area contributed by atoms with Crippen molar-refractivity contribution < 1.29 is 9.18 Å². The molecular weight excluding hydrogens is 443 g/mol. The molecule has 2 aromatic rings. The number of carbonyl (C=O) groups excluding carboxylic acids is 1. The summed E-state index contributed by atoms with van der Waals surface area (Å²) in [5.41, 5.74) is 8.21. The highest BCUT2D eigenvalue weighted by atomic mass is 35.5. The van der Waals surface area contributed by atoms with E-state index in [2.05, 4.69) is 20.6 Å². The first kappa shape index (κ1) is 25.2. The van der Waals surface area contributed by atoms with E-state index in [0.29, 0.717) is 44.0 Å². The maximum Gasteiger partial charge on any atom is 0.318 e. The topological polar surface area (TPSA) is 96.2 Å². The summed E-state index contributed by atoms with van der Waals surface area (Å²) in [6.07, 6.45) is 7.20. The number of nitrogens with one attached hydrogen (secondary N) is 2. The molecule has 180 valence electrons. The van der Waals surface area contributed by atoms with Crippen molar-refractivity contribution in [2.24, 2.45) is 5.73 Å². The van der Waals surface area contributed by atoms with Crippen LogP contribution in [0.15, 0.2) is 24.4 Å². The van der Waals surface area contributed by atoms with Gasteiger partial charge in [0.1, 0.15) is 5.82 Å². The van der Waals surface area contributed by atoms with Crippen LogP contribution in [0.4, 0.5) is 15.1 Å². The van der Waals surface area contributed by atoms with Gasteiger partial charge in [0.15, 0.2) is 0 Å². The number of amides is 2. The summed E-state index contributed by atoms with van der Waals surface area (Å²) >= 11 is 5.87. The standard InChI is InChI=1S/C24H34ClFN6O/c1-16(2)29-23-28-14-18-10-12-32(15-22(18)30-23)24(33)31-21(7-5-3-4-6-11-27)17-8-9-19(25)20(26)13-17/h8-9,13-14,16,21H,3-7,10-12,15,27H2,1-2H3,(H,31,33)(H,28,29,30)/t21-/m1/s1. The van der Waals surface area contributed by atoms with Gasteiger partial charge < -0.3 is 21.3 Å². The Morgan fingerprint density at radius 1 is 1.27 bits per heavy atom. The van der Waals surface area contributed by atoms with Crippen molar-refractivity contribution in [3.8, 4) is 0 Å². The van der Waals surface area contributed by atoms with Gasteiger partial charge in [0.05, 0.1) is 23.3 Å². The highest BCUT2D eigenvalue weighted by Crippen LogP contribution is 2.25. The van der Waals surface area contributed by atoms with Crippen LogP contribution in [0.2, 0.25) is 5.02 Å². The van der Waals surface area contributed by atoms with E-state index in [9.17, 15) is 9.18 Å². The molecule has 2 heterocycles. The van der Waals surface area contributed by atoms with Crippen LogP contribution in [0.3, 0.4) is 0 Å². The Hall–Kier alpha value is -2.45. The summed E-state index contributed by atoms with van der Waals surface area (Å²) in [7, 11) is 0. The first-order chi connectivity index (χ1) is 15.9. The molecule has 0 spiro atoms. The number of nitrogens with zero attached hydrogens (tertiary/aromatic N) is 3. The van der Waals surface area contributed by atoms with Crippen molar-refractivity contribution >= 4 is 23.6 Å². The molecule has 3 rings (SSSR count). The number of aromatic nitrogens is 2. The Balaban J connectivity index is 1.68. The Bertz CT molecular complexity index is 941. The minimum Gasteiger partial charge on any atom is -0.352 e. The molecule has 1 atom stereocenters. The van der Waals surface area contributed by atoms with Gasteiger partial charge in [0.25, 0.3) is 0 Å². The van der Waals surface area contributed by atoms with Crippen molar-refractivity contribution in [2.45, 2.75) is 71.0 Å². The zero-order chi connectivity index (χ0) is 23.8. The second-order valence-electron chi connectivity index (χ2n) is 8.80. The molecule has 0 bridgehead atoms. The molecule has 1 aromatic carbocycles. The highest BCUT2D eigenvalue weighted by Gasteiger charge is 2.25. The fraction of sp³-hybridized carbons (Fsp3) is 0.542. The number of unbranched alkanes of at least 4 members (excludes halogenated alkanes) is 3. The molecule has 0 aliphatic carbocycles. The van der Waals surface area contributed by atoms with Gasteiger partial charge in [-0.2, -0.15) is 0 Å². The molecule has 1 aliphatic rings. The zero-order valence-corrected chi connectivity index (χ0v) is 20.2. The Morgan fingerprint density at radius 3 is 2.79 bits per heavy atom. The summed E-state index contributed by atoms with van der Waals surface area (Å²) < 4.78 is 14.1. The Morgan fingerprint density at radius 2 is 2.06 bits per heavy atom. The van der Waals surface area contributed by atoms with Crippen molar-refractivity contribution in [3.63, 3.8) is 0 Å². The van der Waals surface area contributed by atoms with Crippen molar-refractivity contribution in [3.05, 3.63) is 52.1 Å². The van der Waals surface area contributed by atoms with E-state index in [1.165, 1.54) is 12.1 Å². The minimum absolute atomic E-state index is 0.0740. The second-order valence-corrected chi connectivity index (χ2v) is 9.21. The van der Waals surface area contributed by atoms with Crippen molar-refractivity contribution in [1.82, 2.24) is 20.2 Å². The maximum atomic E-state index is 14.1. The number of nitrogens with two attached hydrogens (primary N) is 1. The van der Waals surface area contributed by atoms with Gasteiger partial charge in [-0.3, -0.25) is 0 Å². The lowest BCUT2D eigenvalue weighted by Crippen LogP contribution is -2.44. The van der Waals surface area contributed by atoms with Crippen LogP contribution in [-0.2, 0) is 13.0 Å². The van der Waals surface area contributed by atoms with E-state index in [-0.39, 0.29) is 23.1 Å². The summed E-state index contributed by atoms with van der Waals surface area (Å²) in [6, 6.07) is 4.47. The van der Waals surface area contributed by atoms with Gasteiger partial charge in [0.2, 0.25) is 5.95 Å². The van der Waals surface area contributed by atoms with Crippen LogP contribution in [0.25, 0.3) is 0 Å². The molecule has 1 aromatic heterocycles. The summed E-state index contributed by atoms with van der Waals surface area (Å²) in [5, 5.41) is 6.39. The molecule has 9 heteroatoms. The molecule has 1 aliphatic heterocycles. The van der Waals surface area contributed by atoms with E-state index in [1.54, 1.807) is 11.0 Å². The number of fused-ring (bicyclic) bond motifs is 1. The van der Waals surface area contributed by atoms with Gasteiger partial charge in [-0.15, -0.1) is 0 Å². The molecular formula is C24H34ClFN6O. The molecule has 4 N–H and O–H groups in total. The number of hydrogen-bond donors (Lipinski definition) is 3. The lowest BCUT2D eigenvalue weighted by molar-refractivity contribution is 0.186. The van der Waals surface area contributed by atoms with Gasteiger partial charge in [0, 0.05) is 18.8 Å². The third kappa shape index (κ3) is 7.27. The smallest absolute Gasteiger partial charge is 0.318 e. The summed E-state index contributed by atoms with van der Waals surface area (Å²) in [4.78, 5) is 23.9. The zero-order valence-electron chi connectivity index (χ0n) is 19.4. The summed E-state index contributed by atoms with van der Waals surface area (Å²) in [6.45, 7) is 5.72. The number of urea groups is 1. The molecule has 0 saturated carbocycles. The number of anilines is 1. The monoisotopic (exact) mass is 476 g/mol. The number of benzene rings is 1. The lowest BCUT2D eigenvalue weighted by Gasteiger charge is -2.30. The van der Waals surface area contributed by atoms with Gasteiger partial charge in [-0.25, -0.2) is 19.2 Å². The average Bonchev–Trinajstić information content (AvgIpc) is 2.79. The van der Waals surface area contributed by atoms with Crippen LogP contribution < -0.4 is 16.4 Å². The molecule has 33 heavy (non-hydrogen) atoms. The summed E-state index contributed by atoms with van der Waals surface area (Å²) in [5.74, 6) is 0.0864. The second kappa shape index (κ2) is 12.1. The van der Waals surface area contributed by atoms with E-state index in [4.69, 9.17) is 17.3 Å². The lowest BCUT2D eigenvalue weighted by atomic mass is 9.99. The van der Waals surface area contributed by atoms with Crippen LogP contribution in [-0.4, -0.2) is 40.0 Å². The molecule has 0 saturated heterocycles. The molecule has 0 radical (unpaired) electrons. The molecule has 0 unspecified atom stereocenters. The van der Waals surface area contributed by atoms with E-state index < -0.39 is 5.82 Å².